The molecule has 104 valence electrons. The second kappa shape index (κ2) is 6.43. The van der Waals surface area contributed by atoms with Gasteiger partial charge >= 0.3 is 5.91 Å². The molecule has 2 rings (SSSR count). The summed E-state index contributed by atoms with van der Waals surface area (Å²) in [6.07, 6.45) is 0. The number of carbonyl (C=O) groups excluding carboxylic acids is 1. The van der Waals surface area contributed by atoms with Crippen LogP contribution < -0.4 is 5.43 Å². The molecule has 0 saturated carbocycles. The second-order valence-electron chi connectivity index (χ2n) is 3.87. The SMILES string of the molecule is C/C(=N\NC(=O)c1ccc(Br)o1)c1cc(Cl)ccc1Cl. The molecule has 0 aliphatic rings. The molecule has 0 spiro atoms. The molecule has 1 aromatic heterocycles. The molecule has 0 unspecified atom stereocenters. The van der Waals surface area contributed by atoms with Gasteiger partial charge in [-0.15, -0.1) is 0 Å². The van der Waals surface area contributed by atoms with Crippen LogP contribution in [0.2, 0.25) is 10.0 Å². The number of rotatable bonds is 3. The molecule has 1 aromatic carbocycles. The van der Waals surface area contributed by atoms with Crippen LogP contribution in [0.15, 0.2) is 44.5 Å². The van der Waals surface area contributed by atoms with E-state index >= 15 is 0 Å². The number of nitrogens with zero attached hydrogens (tertiary/aromatic N) is 1. The molecule has 2 aromatic rings. The molecular formula is C13H9BrCl2N2O2. The van der Waals surface area contributed by atoms with Crippen LogP contribution in [0.3, 0.4) is 0 Å². The smallest absolute Gasteiger partial charge is 0.307 e. The van der Waals surface area contributed by atoms with Gasteiger partial charge in [0, 0.05) is 15.6 Å². The van der Waals surface area contributed by atoms with Crippen LogP contribution >= 0.6 is 39.1 Å². The Balaban J connectivity index is 2.15. The number of benzene rings is 1. The fraction of sp³-hybridized carbons (Fsp3) is 0.0769. The van der Waals surface area contributed by atoms with E-state index in [4.69, 9.17) is 27.6 Å². The number of halogens is 3. The van der Waals surface area contributed by atoms with Crippen LogP contribution in [0.4, 0.5) is 0 Å². The summed E-state index contributed by atoms with van der Waals surface area (Å²) in [6, 6.07) is 8.19. The van der Waals surface area contributed by atoms with E-state index in [-0.39, 0.29) is 5.76 Å². The predicted octanol–water partition coefficient (Wildman–Crippen LogP) is 4.50. The van der Waals surface area contributed by atoms with E-state index < -0.39 is 5.91 Å². The van der Waals surface area contributed by atoms with Gasteiger partial charge in [-0.3, -0.25) is 4.79 Å². The van der Waals surface area contributed by atoms with Gasteiger partial charge in [-0.05, 0) is 53.2 Å². The summed E-state index contributed by atoms with van der Waals surface area (Å²) in [5.41, 5.74) is 3.58. The zero-order chi connectivity index (χ0) is 14.7. The molecule has 7 heteroatoms. The Morgan fingerprint density at radius 2 is 2.05 bits per heavy atom. The number of hydrogen-bond acceptors (Lipinski definition) is 3. The first-order chi connectivity index (χ1) is 9.47. The maximum Gasteiger partial charge on any atom is 0.307 e. The highest BCUT2D eigenvalue weighted by molar-refractivity contribution is 9.10. The molecule has 0 saturated heterocycles. The van der Waals surface area contributed by atoms with Gasteiger partial charge in [0.1, 0.15) is 0 Å². The summed E-state index contributed by atoms with van der Waals surface area (Å²) in [5.74, 6) is -0.293. The van der Waals surface area contributed by atoms with Crippen molar-refractivity contribution in [2.45, 2.75) is 6.92 Å². The Morgan fingerprint density at radius 3 is 2.70 bits per heavy atom. The summed E-state index contributed by atoms with van der Waals surface area (Å²) in [6.45, 7) is 1.72. The summed E-state index contributed by atoms with van der Waals surface area (Å²) >= 11 is 15.1. The fourth-order valence-electron chi connectivity index (χ4n) is 1.46. The van der Waals surface area contributed by atoms with E-state index in [1.54, 1.807) is 31.2 Å². The third-order valence-electron chi connectivity index (χ3n) is 2.44. The predicted molar refractivity (Wildman–Crippen MR) is 82.5 cm³/mol. The van der Waals surface area contributed by atoms with Crippen molar-refractivity contribution in [2.24, 2.45) is 5.10 Å². The van der Waals surface area contributed by atoms with E-state index in [2.05, 4.69) is 26.5 Å². The number of hydrazone groups is 1. The molecule has 0 bridgehead atoms. The van der Waals surface area contributed by atoms with Gasteiger partial charge < -0.3 is 4.42 Å². The van der Waals surface area contributed by atoms with E-state index in [9.17, 15) is 4.79 Å². The molecule has 0 aliphatic heterocycles. The number of amides is 1. The van der Waals surface area contributed by atoms with Gasteiger partial charge in [0.05, 0.1) is 5.71 Å². The first-order valence-corrected chi connectivity index (χ1v) is 7.07. The minimum atomic E-state index is -0.451. The lowest BCUT2D eigenvalue weighted by Crippen LogP contribution is -2.18. The Hall–Kier alpha value is -1.30. The monoisotopic (exact) mass is 374 g/mol. The average Bonchev–Trinajstić information content (AvgIpc) is 2.85. The quantitative estimate of drug-likeness (QED) is 0.634. The van der Waals surface area contributed by atoms with Gasteiger partial charge in [-0.2, -0.15) is 5.10 Å². The van der Waals surface area contributed by atoms with Crippen molar-refractivity contribution in [3.05, 3.63) is 56.4 Å². The first-order valence-electron chi connectivity index (χ1n) is 5.53. The van der Waals surface area contributed by atoms with Crippen LogP contribution in [0.25, 0.3) is 0 Å². The van der Waals surface area contributed by atoms with Gasteiger partial charge in [-0.25, -0.2) is 5.43 Å². The molecule has 20 heavy (non-hydrogen) atoms. The number of furan rings is 1. The molecule has 0 radical (unpaired) electrons. The van der Waals surface area contributed by atoms with Gasteiger partial charge in [0.25, 0.3) is 0 Å². The molecular weight excluding hydrogens is 367 g/mol. The van der Waals surface area contributed by atoms with E-state index in [0.29, 0.717) is 26.0 Å². The third-order valence-corrected chi connectivity index (χ3v) is 3.43. The zero-order valence-electron chi connectivity index (χ0n) is 10.3. The lowest BCUT2D eigenvalue weighted by molar-refractivity contribution is 0.0926. The lowest BCUT2D eigenvalue weighted by Gasteiger charge is -2.04. The first kappa shape index (κ1) is 15.1. The molecule has 0 atom stereocenters. The lowest BCUT2D eigenvalue weighted by atomic mass is 10.1. The molecule has 0 aliphatic carbocycles. The second-order valence-corrected chi connectivity index (χ2v) is 5.49. The van der Waals surface area contributed by atoms with Crippen molar-refractivity contribution >= 4 is 50.8 Å². The average molecular weight is 376 g/mol. The molecule has 4 nitrogen and oxygen atoms in total. The van der Waals surface area contributed by atoms with Crippen molar-refractivity contribution in [3.8, 4) is 0 Å². The van der Waals surface area contributed by atoms with Crippen molar-refractivity contribution in [1.29, 1.82) is 0 Å². The van der Waals surface area contributed by atoms with E-state index in [1.807, 2.05) is 0 Å². The van der Waals surface area contributed by atoms with Crippen molar-refractivity contribution in [3.63, 3.8) is 0 Å². The van der Waals surface area contributed by atoms with Crippen LogP contribution in [-0.4, -0.2) is 11.6 Å². The minimum Gasteiger partial charge on any atom is -0.444 e. The topological polar surface area (TPSA) is 54.6 Å². The van der Waals surface area contributed by atoms with Crippen molar-refractivity contribution < 1.29 is 9.21 Å². The normalized spacial score (nSPS) is 11.5. The molecule has 1 amide bonds. The van der Waals surface area contributed by atoms with E-state index in [0.717, 1.165) is 0 Å². The number of carbonyl (C=O) groups is 1. The highest BCUT2D eigenvalue weighted by atomic mass is 79.9. The van der Waals surface area contributed by atoms with Crippen LogP contribution in [0.1, 0.15) is 23.0 Å². The summed E-state index contributed by atoms with van der Waals surface area (Å²) in [4.78, 5) is 11.8. The molecule has 1 N–H and O–H groups in total. The largest absolute Gasteiger partial charge is 0.444 e. The summed E-state index contributed by atoms with van der Waals surface area (Å²) in [5, 5.41) is 5.03. The van der Waals surface area contributed by atoms with Crippen molar-refractivity contribution in [2.75, 3.05) is 0 Å². The Kier molecular flexibility index (Phi) is 4.86. The Bertz CT molecular complexity index is 683. The Morgan fingerprint density at radius 1 is 1.30 bits per heavy atom. The third kappa shape index (κ3) is 3.62. The van der Waals surface area contributed by atoms with Gasteiger partial charge in [0.15, 0.2) is 10.4 Å². The van der Waals surface area contributed by atoms with E-state index in [1.165, 1.54) is 6.07 Å². The van der Waals surface area contributed by atoms with Crippen LogP contribution in [-0.2, 0) is 0 Å². The zero-order valence-corrected chi connectivity index (χ0v) is 13.4. The maximum atomic E-state index is 11.8. The standard InChI is InChI=1S/C13H9BrCl2N2O2/c1-7(9-6-8(15)2-3-10(9)16)17-18-13(19)11-4-5-12(14)20-11/h2-6H,1H3,(H,18,19)/b17-7+. The Labute approximate surface area is 133 Å². The van der Waals surface area contributed by atoms with Crippen LogP contribution in [0, 0.1) is 0 Å². The maximum absolute atomic E-state index is 11.8. The highest BCUT2D eigenvalue weighted by Crippen LogP contribution is 2.21. The van der Waals surface area contributed by atoms with Gasteiger partial charge in [-0.1, -0.05) is 23.2 Å². The van der Waals surface area contributed by atoms with Crippen molar-refractivity contribution in [1.82, 2.24) is 5.43 Å². The van der Waals surface area contributed by atoms with Crippen LogP contribution in [0.5, 0.6) is 0 Å². The molecule has 1 heterocycles. The van der Waals surface area contributed by atoms with Gasteiger partial charge in [0.2, 0.25) is 0 Å². The number of hydrogen-bond donors (Lipinski definition) is 1. The number of nitrogens with one attached hydrogen (secondary N) is 1. The summed E-state index contributed by atoms with van der Waals surface area (Å²) in [7, 11) is 0. The summed E-state index contributed by atoms with van der Waals surface area (Å²) < 4.78 is 5.59. The minimum absolute atomic E-state index is 0.158. The highest BCUT2D eigenvalue weighted by Gasteiger charge is 2.10. The molecule has 0 fully saturated rings. The fourth-order valence-corrected chi connectivity index (χ4v) is 2.19.